The van der Waals surface area contributed by atoms with E-state index in [1.165, 1.54) is 7.11 Å². The Morgan fingerprint density at radius 2 is 1.83 bits per heavy atom. The van der Waals surface area contributed by atoms with E-state index in [1.54, 1.807) is 23.6 Å². The number of nitrogens with zero attached hydrogens (tertiary/aromatic N) is 5. The van der Waals surface area contributed by atoms with E-state index >= 15 is 0 Å². The molecule has 0 spiro atoms. The molecular formula is C32H41N5O5. The molecule has 0 unspecified atom stereocenters. The summed E-state index contributed by atoms with van der Waals surface area (Å²) in [5, 5.41) is 0. The second-order valence-corrected chi connectivity index (χ2v) is 11.0. The zero-order valence-electron chi connectivity index (χ0n) is 24.9. The molecular weight excluding hydrogens is 534 g/mol. The summed E-state index contributed by atoms with van der Waals surface area (Å²) in [6.45, 7) is 8.63. The van der Waals surface area contributed by atoms with Crippen molar-refractivity contribution in [2.75, 3.05) is 58.0 Å². The molecule has 224 valence electrons. The molecule has 1 fully saturated rings. The number of benzene rings is 2. The van der Waals surface area contributed by atoms with Gasteiger partial charge >= 0.3 is 0 Å². The summed E-state index contributed by atoms with van der Waals surface area (Å²) in [4.78, 5) is 50.7. The van der Waals surface area contributed by atoms with Crippen LogP contribution >= 0.6 is 0 Å². The fraction of sp³-hybridized carbons (Fsp3) is 0.500. The molecule has 3 aromatic rings. The van der Waals surface area contributed by atoms with Gasteiger partial charge in [0.2, 0.25) is 0 Å². The standard InChI is InChI=1S/C32H41N5O5/c1-4-36-29-11-10-24(20-27(29)33-23(2)31(36)39)32(40)35-17-16-34(26-12-18-42-19-13-26)14-7-15-37(30(38)22-41-3)28-9-6-5-8-25(28)21-35/h5-6,8-11,20,26H,4,7,12-19,21-22H2,1-3H3. The van der Waals surface area contributed by atoms with Gasteiger partial charge in [-0.15, -0.1) is 0 Å². The monoisotopic (exact) mass is 575 g/mol. The van der Waals surface area contributed by atoms with Crippen LogP contribution < -0.4 is 10.5 Å². The van der Waals surface area contributed by atoms with E-state index in [9.17, 15) is 14.4 Å². The molecule has 2 amide bonds. The molecule has 0 aliphatic carbocycles. The highest BCUT2D eigenvalue weighted by atomic mass is 16.5. The van der Waals surface area contributed by atoms with Gasteiger partial charge in [-0.05, 0) is 62.9 Å². The number of carbonyl (C=O) groups excluding carboxylic acids is 2. The van der Waals surface area contributed by atoms with E-state index in [0.717, 1.165) is 56.8 Å². The van der Waals surface area contributed by atoms with Crippen LogP contribution in [0.5, 0.6) is 0 Å². The van der Waals surface area contributed by atoms with Crippen LogP contribution in [0.4, 0.5) is 5.69 Å². The fourth-order valence-electron chi connectivity index (χ4n) is 6.16. The molecule has 1 aromatic heterocycles. The maximum Gasteiger partial charge on any atom is 0.272 e. The van der Waals surface area contributed by atoms with E-state index in [4.69, 9.17) is 9.47 Å². The Bertz CT molecular complexity index is 1480. The first-order chi connectivity index (χ1) is 20.4. The van der Waals surface area contributed by atoms with Crippen LogP contribution in [-0.4, -0.2) is 90.3 Å². The minimum absolute atomic E-state index is 0.00695. The number of rotatable bonds is 5. The number of amides is 2. The number of aromatic nitrogens is 2. The second kappa shape index (κ2) is 13.6. The van der Waals surface area contributed by atoms with Crippen molar-refractivity contribution in [1.29, 1.82) is 0 Å². The number of aryl methyl sites for hydroxylation is 2. The number of ether oxygens (including phenoxy) is 2. The Morgan fingerprint density at radius 3 is 2.60 bits per heavy atom. The van der Waals surface area contributed by atoms with Crippen LogP contribution in [0.1, 0.15) is 47.8 Å². The number of hydrogen-bond acceptors (Lipinski definition) is 7. The number of fused-ring (bicyclic) bond motifs is 2. The van der Waals surface area contributed by atoms with Crippen molar-refractivity contribution in [3.8, 4) is 0 Å². The maximum atomic E-state index is 14.2. The molecule has 0 bridgehead atoms. The van der Waals surface area contributed by atoms with E-state index < -0.39 is 0 Å². The summed E-state index contributed by atoms with van der Waals surface area (Å²) >= 11 is 0. The number of methoxy groups -OCH3 is 1. The van der Waals surface area contributed by atoms with Crippen LogP contribution in [0.2, 0.25) is 0 Å². The molecule has 1 saturated heterocycles. The second-order valence-electron chi connectivity index (χ2n) is 11.0. The summed E-state index contributed by atoms with van der Waals surface area (Å²) in [6.07, 6.45) is 2.72. The normalized spacial score (nSPS) is 17.6. The summed E-state index contributed by atoms with van der Waals surface area (Å²) in [6, 6.07) is 13.6. The molecule has 10 heteroatoms. The van der Waals surface area contributed by atoms with Gasteiger partial charge in [0.25, 0.3) is 17.4 Å². The predicted octanol–water partition coefficient (Wildman–Crippen LogP) is 3.23. The third-order valence-electron chi connectivity index (χ3n) is 8.36. The van der Waals surface area contributed by atoms with Crippen LogP contribution in [0.25, 0.3) is 11.0 Å². The molecule has 0 atom stereocenters. The van der Waals surface area contributed by atoms with Gasteiger partial charge in [-0.2, -0.15) is 0 Å². The lowest BCUT2D eigenvalue weighted by Crippen LogP contribution is -2.45. The molecule has 2 aliphatic heterocycles. The maximum absolute atomic E-state index is 14.2. The average molecular weight is 576 g/mol. The van der Waals surface area contributed by atoms with Gasteiger partial charge in [-0.1, -0.05) is 18.2 Å². The van der Waals surface area contributed by atoms with Crippen molar-refractivity contribution in [2.45, 2.75) is 52.2 Å². The first-order valence-corrected chi connectivity index (χ1v) is 14.9. The highest BCUT2D eigenvalue weighted by Crippen LogP contribution is 2.26. The first-order valence-electron chi connectivity index (χ1n) is 14.9. The number of anilines is 1. The summed E-state index contributed by atoms with van der Waals surface area (Å²) in [5.41, 5.74) is 3.86. The SMILES string of the molecule is CCn1c(=O)c(C)nc2cc(C(=O)N3CCN(C4CCOCC4)CCCN(C(=O)COC)c4ccccc4C3)ccc21. The first kappa shape index (κ1) is 29.9. The molecule has 10 nitrogen and oxygen atoms in total. The Labute approximate surface area is 246 Å². The molecule has 3 heterocycles. The molecule has 0 saturated carbocycles. The van der Waals surface area contributed by atoms with Crippen LogP contribution in [0.3, 0.4) is 0 Å². The van der Waals surface area contributed by atoms with Gasteiger partial charge in [0.15, 0.2) is 0 Å². The van der Waals surface area contributed by atoms with Gasteiger partial charge in [0, 0.05) is 76.9 Å². The van der Waals surface area contributed by atoms with E-state index in [1.807, 2.05) is 47.1 Å². The summed E-state index contributed by atoms with van der Waals surface area (Å²) < 4.78 is 12.5. The van der Waals surface area contributed by atoms with Gasteiger partial charge in [-0.3, -0.25) is 19.3 Å². The highest BCUT2D eigenvalue weighted by Gasteiger charge is 2.27. The largest absolute Gasteiger partial charge is 0.381 e. The highest BCUT2D eigenvalue weighted by molar-refractivity contribution is 5.98. The number of para-hydroxylation sites is 1. The van der Waals surface area contributed by atoms with Crippen LogP contribution in [0, 0.1) is 6.92 Å². The van der Waals surface area contributed by atoms with Crippen LogP contribution in [0.15, 0.2) is 47.3 Å². The molecule has 42 heavy (non-hydrogen) atoms. The number of carbonyl (C=O) groups is 2. The van der Waals surface area contributed by atoms with E-state index in [-0.39, 0.29) is 24.0 Å². The lowest BCUT2D eigenvalue weighted by Gasteiger charge is -2.35. The topological polar surface area (TPSA) is 97.2 Å². The quantitative estimate of drug-likeness (QED) is 0.461. The molecule has 0 N–H and O–H groups in total. The van der Waals surface area contributed by atoms with Crippen molar-refractivity contribution in [1.82, 2.24) is 19.4 Å². The average Bonchev–Trinajstić information content (AvgIpc) is 3.04. The molecule has 0 radical (unpaired) electrons. The van der Waals surface area contributed by atoms with Crippen molar-refractivity contribution < 1.29 is 19.1 Å². The van der Waals surface area contributed by atoms with E-state index in [2.05, 4.69) is 9.88 Å². The minimum atomic E-state index is -0.117. The van der Waals surface area contributed by atoms with E-state index in [0.29, 0.717) is 54.5 Å². The van der Waals surface area contributed by atoms with Crippen molar-refractivity contribution in [2.24, 2.45) is 0 Å². The lowest BCUT2D eigenvalue weighted by atomic mass is 10.1. The molecule has 5 rings (SSSR count). The Hall–Kier alpha value is -3.60. The van der Waals surface area contributed by atoms with Gasteiger partial charge in [0.05, 0.1) is 11.0 Å². The smallest absolute Gasteiger partial charge is 0.272 e. The van der Waals surface area contributed by atoms with Gasteiger partial charge in [0.1, 0.15) is 12.3 Å². The summed E-state index contributed by atoms with van der Waals surface area (Å²) in [7, 11) is 1.53. The number of hydrogen-bond donors (Lipinski definition) is 0. The predicted molar refractivity (Wildman–Crippen MR) is 162 cm³/mol. The van der Waals surface area contributed by atoms with Crippen molar-refractivity contribution in [3.63, 3.8) is 0 Å². The Balaban J connectivity index is 1.52. The zero-order valence-corrected chi connectivity index (χ0v) is 24.9. The van der Waals surface area contributed by atoms with Crippen molar-refractivity contribution in [3.05, 3.63) is 69.6 Å². The van der Waals surface area contributed by atoms with Gasteiger partial charge < -0.3 is 23.8 Å². The molecule has 2 aromatic carbocycles. The summed E-state index contributed by atoms with van der Waals surface area (Å²) in [5.74, 6) is -0.209. The van der Waals surface area contributed by atoms with Crippen molar-refractivity contribution >= 4 is 28.5 Å². The van der Waals surface area contributed by atoms with Gasteiger partial charge in [-0.25, -0.2) is 4.98 Å². The third-order valence-corrected chi connectivity index (χ3v) is 8.36. The Morgan fingerprint density at radius 1 is 1.05 bits per heavy atom. The Kier molecular flexibility index (Phi) is 9.66. The van der Waals surface area contributed by atoms with Crippen LogP contribution in [-0.2, 0) is 27.4 Å². The minimum Gasteiger partial charge on any atom is -0.381 e. The fourth-order valence-corrected chi connectivity index (χ4v) is 6.16. The third kappa shape index (κ3) is 6.40. The lowest BCUT2D eigenvalue weighted by molar-refractivity contribution is -0.122. The zero-order chi connectivity index (χ0) is 29.6. The molecule has 2 aliphatic rings.